The fourth-order valence-corrected chi connectivity index (χ4v) is 4.55. The lowest BCUT2D eigenvalue weighted by molar-refractivity contribution is -0.163. The lowest BCUT2D eigenvalue weighted by Gasteiger charge is -2.43. The Balaban J connectivity index is 1.74. The van der Waals surface area contributed by atoms with E-state index in [1.54, 1.807) is 18.7 Å². The molecule has 164 valence electrons. The van der Waals surface area contributed by atoms with Crippen molar-refractivity contribution in [2.75, 3.05) is 13.2 Å². The Morgan fingerprint density at radius 1 is 1.00 bits per heavy atom. The Morgan fingerprint density at radius 3 is 2.37 bits per heavy atom. The second-order valence-corrected chi connectivity index (χ2v) is 8.38. The van der Waals surface area contributed by atoms with Crippen molar-refractivity contribution in [1.29, 1.82) is 0 Å². The SMILES string of the molecule is CCOC(=O)[C@]1(C)CCCN1C(=O)C1(NC(=O)OCc2ccccc2)CCCCC1. The van der Waals surface area contributed by atoms with E-state index in [4.69, 9.17) is 9.47 Å². The number of likely N-dealkylation sites (tertiary alicyclic amines) is 1. The van der Waals surface area contributed by atoms with E-state index in [9.17, 15) is 14.4 Å². The molecule has 30 heavy (non-hydrogen) atoms. The fraction of sp³-hybridized carbons (Fsp3) is 0.609. The third-order valence-corrected chi connectivity index (χ3v) is 6.27. The van der Waals surface area contributed by atoms with Gasteiger partial charge in [-0.05, 0) is 45.1 Å². The Kier molecular flexibility index (Phi) is 7.00. The van der Waals surface area contributed by atoms with Gasteiger partial charge < -0.3 is 19.7 Å². The van der Waals surface area contributed by atoms with Gasteiger partial charge in [0.15, 0.2) is 0 Å². The maximum atomic E-state index is 13.7. The lowest BCUT2D eigenvalue weighted by atomic mass is 9.79. The number of alkyl carbamates (subject to hydrolysis) is 1. The number of nitrogens with one attached hydrogen (secondary N) is 1. The molecule has 0 aromatic heterocycles. The number of esters is 1. The summed E-state index contributed by atoms with van der Waals surface area (Å²) in [4.78, 5) is 40.6. The Hall–Kier alpha value is -2.57. The van der Waals surface area contributed by atoms with Gasteiger partial charge in [-0.15, -0.1) is 0 Å². The highest BCUT2D eigenvalue weighted by atomic mass is 16.5. The first-order chi connectivity index (χ1) is 14.4. The molecule has 1 aliphatic carbocycles. The molecule has 1 atom stereocenters. The van der Waals surface area contributed by atoms with Crippen LogP contribution in [-0.2, 0) is 25.7 Å². The summed E-state index contributed by atoms with van der Waals surface area (Å²) < 4.78 is 10.6. The van der Waals surface area contributed by atoms with Crippen LogP contribution in [0.15, 0.2) is 30.3 Å². The number of benzene rings is 1. The molecule has 7 nitrogen and oxygen atoms in total. The molecule has 1 aromatic carbocycles. The van der Waals surface area contributed by atoms with Crippen LogP contribution in [0.5, 0.6) is 0 Å². The quantitative estimate of drug-likeness (QED) is 0.717. The van der Waals surface area contributed by atoms with Crippen LogP contribution >= 0.6 is 0 Å². The van der Waals surface area contributed by atoms with Gasteiger partial charge in [-0.25, -0.2) is 9.59 Å². The normalized spacial score (nSPS) is 22.9. The minimum atomic E-state index is -1.04. The summed E-state index contributed by atoms with van der Waals surface area (Å²) >= 11 is 0. The molecule has 7 heteroatoms. The summed E-state index contributed by atoms with van der Waals surface area (Å²) in [7, 11) is 0. The number of hydrogen-bond acceptors (Lipinski definition) is 5. The molecule has 1 aliphatic heterocycles. The van der Waals surface area contributed by atoms with E-state index in [2.05, 4.69) is 5.32 Å². The van der Waals surface area contributed by atoms with Crippen LogP contribution in [0.1, 0.15) is 64.4 Å². The van der Waals surface area contributed by atoms with Crippen molar-refractivity contribution in [2.45, 2.75) is 76.5 Å². The zero-order valence-corrected chi connectivity index (χ0v) is 17.9. The highest BCUT2D eigenvalue weighted by molar-refractivity contribution is 5.95. The summed E-state index contributed by atoms with van der Waals surface area (Å²) in [6.45, 7) is 4.42. The van der Waals surface area contributed by atoms with Gasteiger partial charge >= 0.3 is 12.1 Å². The van der Waals surface area contributed by atoms with E-state index in [0.717, 1.165) is 31.2 Å². The predicted octanol–water partition coefficient (Wildman–Crippen LogP) is 3.56. The minimum absolute atomic E-state index is 0.140. The van der Waals surface area contributed by atoms with Gasteiger partial charge in [-0.2, -0.15) is 0 Å². The fourth-order valence-electron chi connectivity index (χ4n) is 4.55. The highest BCUT2D eigenvalue weighted by Gasteiger charge is 2.53. The molecule has 1 heterocycles. The average Bonchev–Trinajstić information content (AvgIpc) is 3.16. The van der Waals surface area contributed by atoms with E-state index in [1.807, 2.05) is 30.3 Å². The Morgan fingerprint density at radius 2 is 1.70 bits per heavy atom. The molecule has 1 saturated heterocycles. The van der Waals surface area contributed by atoms with E-state index in [1.165, 1.54) is 0 Å². The number of carbonyl (C=O) groups excluding carboxylic acids is 3. The molecule has 0 radical (unpaired) electrons. The highest BCUT2D eigenvalue weighted by Crippen LogP contribution is 2.37. The zero-order valence-electron chi connectivity index (χ0n) is 17.9. The second kappa shape index (κ2) is 9.49. The van der Waals surface area contributed by atoms with Crippen molar-refractivity contribution in [3.8, 4) is 0 Å². The summed E-state index contributed by atoms with van der Waals surface area (Å²) in [5.74, 6) is -0.583. The Labute approximate surface area is 178 Å². The number of ether oxygens (including phenoxy) is 2. The standard InChI is InChI=1S/C23H32N2O5/c1-3-29-20(27)22(2)13-10-16-25(22)19(26)23(14-8-5-9-15-23)24-21(28)30-17-18-11-6-4-7-12-18/h4,6-7,11-12H,3,5,8-10,13-17H2,1-2H3,(H,24,28)/t22-/m0/s1. The molecule has 2 aliphatic rings. The molecular weight excluding hydrogens is 384 g/mol. The van der Waals surface area contributed by atoms with E-state index in [0.29, 0.717) is 25.8 Å². The summed E-state index contributed by atoms with van der Waals surface area (Å²) in [5.41, 5.74) is -1.15. The van der Waals surface area contributed by atoms with Crippen LogP contribution in [0.4, 0.5) is 4.79 Å². The molecule has 1 saturated carbocycles. The number of hydrogen-bond donors (Lipinski definition) is 1. The first-order valence-electron chi connectivity index (χ1n) is 10.9. The molecule has 2 fully saturated rings. The molecule has 2 amide bonds. The largest absolute Gasteiger partial charge is 0.464 e. The van der Waals surface area contributed by atoms with E-state index >= 15 is 0 Å². The average molecular weight is 417 g/mol. The zero-order chi connectivity index (χ0) is 21.6. The van der Waals surface area contributed by atoms with E-state index in [-0.39, 0.29) is 25.1 Å². The van der Waals surface area contributed by atoms with Crippen LogP contribution < -0.4 is 5.32 Å². The third-order valence-electron chi connectivity index (χ3n) is 6.27. The third kappa shape index (κ3) is 4.60. The van der Waals surface area contributed by atoms with Crippen molar-refractivity contribution in [3.63, 3.8) is 0 Å². The van der Waals surface area contributed by atoms with Crippen LogP contribution in [0.25, 0.3) is 0 Å². The molecular formula is C23H32N2O5. The monoisotopic (exact) mass is 416 g/mol. The number of nitrogens with zero attached hydrogens (tertiary/aromatic N) is 1. The van der Waals surface area contributed by atoms with Gasteiger partial charge in [0.1, 0.15) is 17.7 Å². The Bertz CT molecular complexity index is 760. The predicted molar refractivity (Wildman–Crippen MR) is 112 cm³/mol. The van der Waals surface area contributed by atoms with Crippen molar-refractivity contribution in [2.24, 2.45) is 0 Å². The topological polar surface area (TPSA) is 84.9 Å². The van der Waals surface area contributed by atoms with Crippen molar-refractivity contribution in [3.05, 3.63) is 35.9 Å². The van der Waals surface area contributed by atoms with Crippen LogP contribution in [-0.4, -0.2) is 47.1 Å². The van der Waals surface area contributed by atoms with Crippen LogP contribution in [0.3, 0.4) is 0 Å². The number of rotatable bonds is 6. The molecule has 1 N–H and O–H groups in total. The van der Waals surface area contributed by atoms with Gasteiger partial charge in [0, 0.05) is 6.54 Å². The number of amides is 2. The maximum absolute atomic E-state index is 13.7. The molecule has 0 bridgehead atoms. The lowest BCUT2D eigenvalue weighted by Crippen LogP contribution is -2.64. The first-order valence-corrected chi connectivity index (χ1v) is 10.9. The van der Waals surface area contributed by atoms with Crippen LogP contribution in [0, 0.1) is 0 Å². The molecule has 0 spiro atoms. The van der Waals surface area contributed by atoms with Gasteiger partial charge in [-0.1, -0.05) is 49.6 Å². The summed E-state index contributed by atoms with van der Waals surface area (Å²) in [6, 6.07) is 9.42. The smallest absolute Gasteiger partial charge is 0.408 e. The maximum Gasteiger partial charge on any atom is 0.408 e. The molecule has 1 aromatic rings. The van der Waals surface area contributed by atoms with Crippen LogP contribution in [0.2, 0.25) is 0 Å². The van der Waals surface area contributed by atoms with Gasteiger partial charge in [0.2, 0.25) is 5.91 Å². The number of carbonyl (C=O) groups is 3. The summed E-state index contributed by atoms with van der Waals surface area (Å²) in [5, 5.41) is 2.88. The summed E-state index contributed by atoms with van der Waals surface area (Å²) in [6.07, 6.45) is 4.48. The molecule has 3 rings (SSSR count). The van der Waals surface area contributed by atoms with Gasteiger partial charge in [0.25, 0.3) is 0 Å². The van der Waals surface area contributed by atoms with E-state index < -0.39 is 17.2 Å². The van der Waals surface area contributed by atoms with Gasteiger partial charge in [-0.3, -0.25) is 4.79 Å². The van der Waals surface area contributed by atoms with Crippen molar-refractivity contribution < 1.29 is 23.9 Å². The first kappa shape index (κ1) is 22.1. The molecule has 0 unspecified atom stereocenters. The van der Waals surface area contributed by atoms with Gasteiger partial charge in [0.05, 0.1) is 6.61 Å². The minimum Gasteiger partial charge on any atom is -0.464 e. The van der Waals surface area contributed by atoms with Crippen molar-refractivity contribution in [1.82, 2.24) is 10.2 Å². The van der Waals surface area contributed by atoms with Crippen molar-refractivity contribution >= 4 is 18.0 Å². The second-order valence-electron chi connectivity index (χ2n) is 8.38.